The van der Waals surface area contributed by atoms with E-state index in [2.05, 4.69) is 20.9 Å². The molecule has 0 aliphatic heterocycles. The summed E-state index contributed by atoms with van der Waals surface area (Å²) < 4.78 is 0.975. The molecule has 18 heavy (non-hydrogen) atoms. The van der Waals surface area contributed by atoms with E-state index in [1.807, 2.05) is 30.3 Å². The second-order valence-corrected chi connectivity index (χ2v) is 6.13. The van der Waals surface area contributed by atoms with Crippen LogP contribution in [0.25, 0.3) is 0 Å². The van der Waals surface area contributed by atoms with Crippen LogP contribution in [0.5, 0.6) is 0 Å². The third-order valence-corrected chi connectivity index (χ3v) is 4.12. The summed E-state index contributed by atoms with van der Waals surface area (Å²) in [5, 5.41) is 1.71. The lowest BCUT2D eigenvalue weighted by Gasteiger charge is -2.06. The number of rotatable bonds is 4. The first-order valence-electron chi connectivity index (χ1n) is 5.47. The van der Waals surface area contributed by atoms with Crippen LogP contribution in [-0.2, 0) is 6.42 Å². The van der Waals surface area contributed by atoms with Crippen LogP contribution in [0.1, 0.15) is 5.56 Å². The van der Waals surface area contributed by atoms with Gasteiger partial charge >= 0.3 is 0 Å². The van der Waals surface area contributed by atoms with Crippen LogP contribution in [0.15, 0.2) is 50.9 Å². The van der Waals surface area contributed by atoms with Crippen LogP contribution < -0.4 is 5.73 Å². The number of nitrogens with two attached hydrogens (primary N) is 1. The molecule has 0 aliphatic rings. The van der Waals surface area contributed by atoms with Gasteiger partial charge < -0.3 is 5.73 Å². The lowest BCUT2D eigenvalue weighted by molar-refractivity contribution is 0.966. The van der Waals surface area contributed by atoms with E-state index in [4.69, 9.17) is 17.3 Å². The fourth-order valence-corrected chi connectivity index (χ4v) is 2.86. The Hall–Kier alpha value is -0.550. The summed E-state index contributed by atoms with van der Waals surface area (Å²) in [5.41, 5.74) is 6.62. The fourth-order valence-electron chi connectivity index (χ4n) is 1.49. The van der Waals surface area contributed by atoms with E-state index in [0.717, 1.165) is 31.4 Å². The van der Waals surface area contributed by atoms with Crippen molar-refractivity contribution in [1.82, 2.24) is 4.98 Å². The van der Waals surface area contributed by atoms with Crippen LogP contribution in [0.2, 0.25) is 5.02 Å². The molecular formula is C13H12BrClN2S. The Kier molecular flexibility index (Phi) is 5.06. The first kappa shape index (κ1) is 13.9. The van der Waals surface area contributed by atoms with Gasteiger partial charge in [-0.1, -0.05) is 29.4 Å². The number of aromatic nitrogens is 1. The van der Waals surface area contributed by atoms with Gasteiger partial charge in [0.05, 0.1) is 0 Å². The third kappa shape index (κ3) is 3.72. The van der Waals surface area contributed by atoms with Gasteiger partial charge in [0.1, 0.15) is 5.03 Å². The Bertz CT molecular complexity index is 531. The molecule has 0 fully saturated rings. The molecule has 1 heterocycles. The van der Waals surface area contributed by atoms with E-state index >= 15 is 0 Å². The highest BCUT2D eigenvalue weighted by Crippen LogP contribution is 2.30. The summed E-state index contributed by atoms with van der Waals surface area (Å²) in [5.74, 6) is 0. The fraction of sp³-hybridized carbons (Fsp3) is 0.154. The first-order valence-corrected chi connectivity index (χ1v) is 7.45. The molecule has 2 rings (SSSR count). The number of hydrogen-bond acceptors (Lipinski definition) is 3. The molecular weight excluding hydrogens is 332 g/mol. The van der Waals surface area contributed by atoms with Gasteiger partial charge in [0.2, 0.25) is 0 Å². The number of nitrogens with zero attached hydrogens (tertiary/aromatic N) is 1. The predicted molar refractivity (Wildman–Crippen MR) is 80.3 cm³/mol. The molecule has 0 unspecified atom stereocenters. The van der Waals surface area contributed by atoms with Crippen molar-refractivity contribution >= 4 is 39.3 Å². The summed E-state index contributed by atoms with van der Waals surface area (Å²) in [6.07, 6.45) is 2.59. The highest BCUT2D eigenvalue weighted by atomic mass is 79.9. The van der Waals surface area contributed by atoms with Gasteiger partial charge in [-0.3, -0.25) is 0 Å². The number of pyridine rings is 1. The van der Waals surface area contributed by atoms with E-state index in [1.165, 1.54) is 0 Å². The van der Waals surface area contributed by atoms with Crippen molar-refractivity contribution in [3.63, 3.8) is 0 Å². The van der Waals surface area contributed by atoms with Crippen molar-refractivity contribution < 1.29 is 0 Å². The van der Waals surface area contributed by atoms with E-state index in [9.17, 15) is 0 Å². The zero-order valence-electron chi connectivity index (χ0n) is 9.57. The lowest BCUT2D eigenvalue weighted by atomic mass is 10.1. The first-order chi connectivity index (χ1) is 8.69. The van der Waals surface area contributed by atoms with Gasteiger partial charge in [0, 0.05) is 20.6 Å². The molecule has 2 nitrogen and oxygen atoms in total. The molecule has 0 radical (unpaired) electrons. The van der Waals surface area contributed by atoms with Crippen LogP contribution in [0.4, 0.5) is 0 Å². The molecule has 1 aromatic carbocycles. The summed E-state index contributed by atoms with van der Waals surface area (Å²) in [7, 11) is 0. The molecule has 2 N–H and O–H groups in total. The average molecular weight is 344 g/mol. The molecule has 0 atom stereocenters. The highest BCUT2D eigenvalue weighted by molar-refractivity contribution is 9.10. The number of benzene rings is 1. The molecule has 0 saturated carbocycles. The summed E-state index contributed by atoms with van der Waals surface area (Å²) in [4.78, 5) is 5.39. The van der Waals surface area contributed by atoms with Gasteiger partial charge in [-0.15, -0.1) is 0 Å². The smallest absolute Gasteiger partial charge is 0.101 e. The SMILES string of the molecule is NCCc1ccc(Sc2ccc(Br)cn2)cc1Cl. The third-order valence-electron chi connectivity index (χ3n) is 2.36. The zero-order valence-corrected chi connectivity index (χ0v) is 12.7. The van der Waals surface area contributed by atoms with Crippen LogP contribution in [0, 0.1) is 0 Å². The number of hydrogen-bond donors (Lipinski definition) is 1. The van der Waals surface area contributed by atoms with Crippen LogP contribution in [-0.4, -0.2) is 11.5 Å². The van der Waals surface area contributed by atoms with Crippen LogP contribution in [0.3, 0.4) is 0 Å². The minimum atomic E-state index is 0.612. The summed E-state index contributed by atoms with van der Waals surface area (Å²) in [6, 6.07) is 9.97. The maximum Gasteiger partial charge on any atom is 0.101 e. The van der Waals surface area contributed by atoms with Crippen molar-refractivity contribution in [3.8, 4) is 0 Å². The van der Waals surface area contributed by atoms with E-state index in [1.54, 1.807) is 18.0 Å². The Labute approximate surface area is 124 Å². The average Bonchev–Trinajstić information content (AvgIpc) is 2.36. The Morgan fingerprint density at radius 2 is 2.11 bits per heavy atom. The van der Waals surface area contributed by atoms with Crippen molar-refractivity contribution in [2.45, 2.75) is 16.3 Å². The highest BCUT2D eigenvalue weighted by Gasteiger charge is 2.03. The molecule has 0 spiro atoms. The maximum absolute atomic E-state index is 6.20. The van der Waals surface area contributed by atoms with Gasteiger partial charge in [-0.05, 0) is 58.7 Å². The number of halogens is 2. The largest absolute Gasteiger partial charge is 0.330 e. The van der Waals surface area contributed by atoms with Crippen molar-refractivity contribution in [2.24, 2.45) is 5.73 Å². The molecule has 2 aromatic rings. The van der Waals surface area contributed by atoms with Crippen LogP contribution >= 0.6 is 39.3 Å². The Balaban J connectivity index is 2.14. The normalized spacial score (nSPS) is 10.6. The topological polar surface area (TPSA) is 38.9 Å². The van der Waals surface area contributed by atoms with Gasteiger partial charge in [0.25, 0.3) is 0 Å². The molecule has 0 saturated heterocycles. The molecule has 5 heteroatoms. The Morgan fingerprint density at radius 1 is 1.28 bits per heavy atom. The molecule has 0 bridgehead atoms. The minimum absolute atomic E-state index is 0.612. The quantitative estimate of drug-likeness (QED) is 0.906. The minimum Gasteiger partial charge on any atom is -0.330 e. The van der Waals surface area contributed by atoms with Crippen molar-refractivity contribution in [2.75, 3.05) is 6.54 Å². The maximum atomic E-state index is 6.20. The van der Waals surface area contributed by atoms with E-state index < -0.39 is 0 Å². The molecule has 0 aliphatic carbocycles. The van der Waals surface area contributed by atoms with Crippen molar-refractivity contribution in [1.29, 1.82) is 0 Å². The second-order valence-electron chi connectivity index (χ2n) is 3.71. The molecule has 0 amide bonds. The van der Waals surface area contributed by atoms with Gasteiger partial charge in [0.15, 0.2) is 0 Å². The predicted octanol–water partition coefficient (Wildman–Crippen LogP) is 4.15. The summed E-state index contributed by atoms with van der Waals surface area (Å²) in [6.45, 7) is 0.612. The zero-order chi connectivity index (χ0) is 13.0. The second kappa shape index (κ2) is 6.57. The Morgan fingerprint density at radius 3 is 2.72 bits per heavy atom. The van der Waals surface area contributed by atoms with E-state index in [0.29, 0.717) is 6.54 Å². The standard InChI is InChI=1S/C13H12BrClN2S/c14-10-2-4-13(17-8-10)18-11-3-1-9(5-6-16)12(15)7-11/h1-4,7-8H,5-6,16H2. The lowest BCUT2D eigenvalue weighted by Crippen LogP contribution is -2.02. The summed E-state index contributed by atoms with van der Waals surface area (Å²) >= 11 is 11.2. The van der Waals surface area contributed by atoms with Gasteiger partial charge in [-0.2, -0.15) is 0 Å². The van der Waals surface area contributed by atoms with Crippen molar-refractivity contribution in [3.05, 3.63) is 51.6 Å². The molecule has 94 valence electrons. The van der Waals surface area contributed by atoms with Gasteiger partial charge in [-0.25, -0.2) is 4.98 Å². The molecule has 1 aromatic heterocycles. The monoisotopic (exact) mass is 342 g/mol. The van der Waals surface area contributed by atoms with E-state index in [-0.39, 0.29) is 0 Å².